The highest BCUT2D eigenvalue weighted by molar-refractivity contribution is 7.99. The second kappa shape index (κ2) is 6.84. The van der Waals surface area contributed by atoms with E-state index in [-0.39, 0.29) is 0 Å². The molecule has 0 aliphatic carbocycles. The molecule has 0 radical (unpaired) electrons. The van der Waals surface area contributed by atoms with Crippen LogP contribution in [0, 0.1) is 12.3 Å². The molecule has 0 aromatic rings. The average molecular weight is 211 g/mol. The molecule has 80 valence electrons. The molecule has 0 bridgehead atoms. The topological polar surface area (TPSA) is 3.24 Å². The molecular formula is C12H21NS. The van der Waals surface area contributed by atoms with Crippen molar-refractivity contribution in [2.75, 3.05) is 12.3 Å². The second-order valence-corrected chi connectivity index (χ2v) is 4.93. The van der Waals surface area contributed by atoms with Crippen LogP contribution in [0.5, 0.6) is 0 Å². The van der Waals surface area contributed by atoms with Crippen molar-refractivity contribution < 1.29 is 0 Å². The van der Waals surface area contributed by atoms with E-state index in [1.165, 1.54) is 5.57 Å². The first-order chi connectivity index (χ1) is 6.58. The fourth-order valence-corrected chi connectivity index (χ4v) is 2.36. The Balaban J connectivity index is 4.72. The molecular weight excluding hydrogens is 190 g/mol. The highest BCUT2D eigenvalue weighted by Crippen LogP contribution is 2.20. The number of terminal acetylenes is 1. The van der Waals surface area contributed by atoms with Crippen LogP contribution in [0.2, 0.25) is 0 Å². The fraction of sp³-hybridized carbons (Fsp3) is 0.667. The zero-order valence-corrected chi connectivity index (χ0v) is 10.7. The summed E-state index contributed by atoms with van der Waals surface area (Å²) in [6.07, 6.45) is 5.53. The molecule has 0 aromatic heterocycles. The summed E-state index contributed by atoms with van der Waals surface area (Å²) in [6, 6.07) is 0. The predicted molar refractivity (Wildman–Crippen MR) is 67.2 cm³/mol. The van der Waals surface area contributed by atoms with Crippen LogP contribution in [0.25, 0.3) is 0 Å². The summed E-state index contributed by atoms with van der Waals surface area (Å²) in [5.41, 5.74) is 2.26. The Hall–Kier alpha value is -0.550. The third kappa shape index (κ3) is 3.67. The Morgan fingerprint density at radius 3 is 2.29 bits per heavy atom. The van der Waals surface area contributed by atoms with E-state index in [4.69, 9.17) is 6.42 Å². The molecule has 1 unspecified atom stereocenters. The second-order valence-electron chi connectivity index (χ2n) is 3.33. The maximum atomic E-state index is 5.53. The summed E-state index contributed by atoms with van der Waals surface area (Å²) in [4.78, 5) is 2.28. The van der Waals surface area contributed by atoms with Gasteiger partial charge in [0, 0.05) is 6.54 Å². The van der Waals surface area contributed by atoms with E-state index in [1.807, 2.05) is 11.8 Å². The van der Waals surface area contributed by atoms with Gasteiger partial charge in [0.1, 0.15) is 0 Å². The van der Waals surface area contributed by atoms with Crippen LogP contribution in [0.3, 0.4) is 0 Å². The number of nitrogens with zero attached hydrogens (tertiary/aromatic N) is 1. The van der Waals surface area contributed by atoms with Crippen LogP contribution in [-0.4, -0.2) is 22.6 Å². The highest BCUT2D eigenvalue weighted by atomic mass is 32.2. The number of thioether (sulfide) groups is 1. The van der Waals surface area contributed by atoms with Crippen molar-refractivity contribution in [1.29, 1.82) is 0 Å². The van der Waals surface area contributed by atoms with E-state index in [0.717, 1.165) is 18.0 Å². The molecule has 0 saturated heterocycles. The molecule has 0 fully saturated rings. The van der Waals surface area contributed by atoms with Crippen molar-refractivity contribution >= 4 is 11.8 Å². The lowest BCUT2D eigenvalue weighted by Gasteiger charge is -2.30. The Morgan fingerprint density at radius 1 is 1.43 bits per heavy atom. The van der Waals surface area contributed by atoms with Gasteiger partial charge in [0.15, 0.2) is 0 Å². The van der Waals surface area contributed by atoms with Gasteiger partial charge in [0.25, 0.3) is 0 Å². The molecule has 0 N–H and O–H groups in total. The number of hydrogen-bond donors (Lipinski definition) is 0. The van der Waals surface area contributed by atoms with E-state index < -0.39 is 0 Å². The minimum atomic E-state index is 0.464. The summed E-state index contributed by atoms with van der Waals surface area (Å²) in [5, 5.41) is 0.464. The van der Waals surface area contributed by atoms with Crippen molar-refractivity contribution in [3.63, 3.8) is 0 Å². The molecule has 0 heterocycles. The van der Waals surface area contributed by atoms with Crippen LogP contribution in [-0.2, 0) is 0 Å². The monoisotopic (exact) mass is 211 g/mol. The fourth-order valence-electron chi connectivity index (χ4n) is 1.44. The summed E-state index contributed by atoms with van der Waals surface area (Å²) in [5.74, 6) is 3.91. The molecule has 0 aliphatic rings. The third-order valence-corrected chi connectivity index (χ3v) is 3.16. The number of hydrogen-bond acceptors (Lipinski definition) is 2. The summed E-state index contributed by atoms with van der Waals surface area (Å²) in [7, 11) is 0. The third-order valence-electron chi connectivity index (χ3n) is 2.09. The van der Waals surface area contributed by atoms with Gasteiger partial charge >= 0.3 is 0 Å². The Morgan fingerprint density at radius 2 is 2.00 bits per heavy atom. The van der Waals surface area contributed by atoms with Crippen LogP contribution in [0.15, 0.2) is 11.3 Å². The zero-order chi connectivity index (χ0) is 11.1. The van der Waals surface area contributed by atoms with Crippen molar-refractivity contribution in [1.82, 2.24) is 4.90 Å². The maximum Gasteiger partial charge on any atom is 0.0871 e. The van der Waals surface area contributed by atoms with Crippen LogP contribution >= 0.6 is 11.8 Å². The number of rotatable bonds is 5. The van der Waals surface area contributed by atoms with E-state index in [0.29, 0.717) is 5.37 Å². The molecule has 0 rings (SSSR count). The molecule has 1 atom stereocenters. The molecule has 2 heteroatoms. The first-order valence-electron chi connectivity index (χ1n) is 5.10. The van der Waals surface area contributed by atoms with Crippen molar-refractivity contribution in [3.8, 4) is 12.3 Å². The predicted octanol–water partition coefficient (Wildman–Crippen LogP) is 3.33. The van der Waals surface area contributed by atoms with Gasteiger partial charge in [-0.05, 0) is 39.0 Å². The smallest absolute Gasteiger partial charge is 0.0871 e. The van der Waals surface area contributed by atoms with Gasteiger partial charge in [-0.2, -0.15) is 0 Å². The van der Waals surface area contributed by atoms with Crippen LogP contribution in [0.4, 0.5) is 0 Å². The molecule has 14 heavy (non-hydrogen) atoms. The Labute approximate surface area is 92.9 Å². The van der Waals surface area contributed by atoms with Crippen molar-refractivity contribution in [2.45, 2.75) is 40.0 Å². The van der Waals surface area contributed by atoms with Gasteiger partial charge in [-0.1, -0.05) is 12.8 Å². The van der Waals surface area contributed by atoms with Gasteiger partial charge in [0.2, 0.25) is 0 Å². The van der Waals surface area contributed by atoms with Gasteiger partial charge < -0.3 is 4.90 Å². The summed E-state index contributed by atoms with van der Waals surface area (Å²) >= 11 is 1.92. The normalized spacial score (nSPS) is 11.7. The first-order valence-corrected chi connectivity index (χ1v) is 6.15. The van der Waals surface area contributed by atoms with E-state index >= 15 is 0 Å². The zero-order valence-electron chi connectivity index (χ0n) is 9.92. The van der Waals surface area contributed by atoms with Crippen molar-refractivity contribution in [3.05, 3.63) is 11.3 Å². The largest absolute Gasteiger partial charge is 0.353 e. The summed E-state index contributed by atoms with van der Waals surface area (Å²) < 4.78 is 0. The molecule has 1 nitrogen and oxygen atoms in total. The quantitative estimate of drug-likeness (QED) is 0.507. The van der Waals surface area contributed by atoms with Crippen molar-refractivity contribution in [2.24, 2.45) is 0 Å². The van der Waals surface area contributed by atoms with Crippen LogP contribution < -0.4 is 0 Å². The minimum Gasteiger partial charge on any atom is -0.353 e. The van der Waals surface area contributed by atoms with Crippen LogP contribution in [0.1, 0.15) is 34.6 Å². The maximum absolute atomic E-state index is 5.53. The Bertz CT molecular complexity index is 233. The van der Waals surface area contributed by atoms with Gasteiger partial charge in [-0.15, -0.1) is 18.2 Å². The molecule has 0 spiro atoms. The SMILES string of the molecule is C#CC(=C(C)C)N(CC)C(C)SCC. The van der Waals surface area contributed by atoms with Gasteiger partial charge in [0.05, 0.1) is 11.1 Å². The lowest BCUT2D eigenvalue weighted by molar-refractivity contribution is 0.367. The lowest BCUT2D eigenvalue weighted by atomic mass is 10.2. The number of allylic oxidation sites excluding steroid dienone is 2. The van der Waals surface area contributed by atoms with E-state index in [9.17, 15) is 0 Å². The molecule has 0 saturated carbocycles. The molecule has 0 aromatic carbocycles. The Kier molecular flexibility index (Phi) is 6.57. The molecule has 0 aliphatic heterocycles. The van der Waals surface area contributed by atoms with E-state index in [1.54, 1.807) is 0 Å². The average Bonchev–Trinajstić information content (AvgIpc) is 2.13. The van der Waals surface area contributed by atoms with Gasteiger partial charge in [-0.3, -0.25) is 0 Å². The summed E-state index contributed by atoms with van der Waals surface area (Å²) in [6.45, 7) is 11.6. The standard InChI is InChI=1S/C12H21NS/c1-7-12(10(4)5)13(8-2)11(6)14-9-3/h1,11H,8-9H2,2-6H3. The first kappa shape index (κ1) is 13.4. The van der Waals surface area contributed by atoms with E-state index in [2.05, 4.69) is 45.4 Å². The molecule has 0 amide bonds. The van der Waals surface area contributed by atoms with Gasteiger partial charge in [-0.25, -0.2) is 0 Å². The lowest BCUT2D eigenvalue weighted by Crippen LogP contribution is -2.30. The minimum absolute atomic E-state index is 0.464. The highest BCUT2D eigenvalue weighted by Gasteiger charge is 2.14.